The number of hydrogen-bond donors (Lipinski definition) is 0. The molecule has 4 atom stereocenters. The molecule has 3 heterocycles. The minimum atomic E-state index is -1.52. The summed E-state index contributed by atoms with van der Waals surface area (Å²) in [5, 5.41) is 0. The lowest BCUT2D eigenvalue weighted by Gasteiger charge is -2.52. The van der Waals surface area contributed by atoms with Crippen molar-refractivity contribution in [3.63, 3.8) is 0 Å². The second-order valence-electron chi connectivity index (χ2n) is 7.63. The predicted octanol–water partition coefficient (Wildman–Crippen LogP) is -1.34. The lowest BCUT2D eigenvalue weighted by Crippen LogP contribution is -2.76. The predicted molar refractivity (Wildman–Crippen MR) is 101 cm³/mol. The summed E-state index contributed by atoms with van der Waals surface area (Å²) in [6.45, 7) is 6.29. The standard InChI is InChI=1S/C18H22N6O8/c1-7(25)19-13-15(23(11(5)29)17(31)21(13)9(3)27)20(8(2)26)16-14(19)22(10(4)28)18(32)24(16)12(6)30/h13-16H,1-6H3/t13-,14-,15-,16-/m0/s1. The molecule has 0 bridgehead atoms. The summed E-state index contributed by atoms with van der Waals surface area (Å²) in [6.07, 6.45) is -6.08. The Morgan fingerprint density at radius 2 is 0.625 bits per heavy atom. The third-order valence-corrected chi connectivity index (χ3v) is 5.64. The van der Waals surface area contributed by atoms with E-state index >= 15 is 0 Å². The highest BCUT2D eigenvalue weighted by Crippen LogP contribution is 2.42. The summed E-state index contributed by atoms with van der Waals surface area (Å²) >= 11 is 0. The Morgan fingerprint density at radius 1 is 0.438 bits per heavy atom. The number of urea groups is 2. The molecule has 0 aromatic rings. The van der Waals surface area contributed by atoms with E-state index in [1.54, 1.807) is 0 Å². The third kappa shape index (κ3) is 2.85. The van der Waals surface area contributed by atoms with Crippen LogP contribution in [-0.2, 0) is 28.8 Å². The summed E-state index contributed by atoms with van der Waals surface area (Å²) in [6, 6.07) is -2.15. The number of piperazine rings is 1. The average molecular weight is 450 g/mol. The van der Waals surface area contributed by atoms with Crippen LogP contribution < -0.4 is 0 Å². The van der Waals surface area contributed by atoms with Crippen molar-refractivity contribution in [1.82, 2.24) is 29.4 Å². The van der Waals surface area contributed by atoms with Crippen LogP contribution in [0.4, 0.5) is 9.59 Å². The molecule has 0 spiro atoms. The normalized spacial score (nSPS) is 26.9. The molecule has 10 amide bonds. The number of rotatable bonds is 0. The van der Waals surface area contributed by atoms with E-state index in [9.17, 15) is 38.4 Å². The van der Waals surface area contributed by atoms with Crippen LogP contribution in [-0.4, -0.2) is 102 Å². The molecule has 3 aliphatic heterocycles. The highest BCUT2D eigenvalue weighted by molar-refractivity contribution is 6.06. The largest absolute Gasteiger partial charge is 0.337 e. The molecule has 172 valence electrons. The van der Waals surface area contributed by atoms with Crippen LogP contribution in [0.1, 0.15) is 41.5 Å². The van der Waals surface area contributed by atoms with Crippen molar-refractivity contribution in [1.29, 1.82) is 0 Å². The molecule has 32 heavy (non-hydrogen) atoms. The number of amides is 10. The monoisotopic (exact) mass is 450 g/mol. The van der Waals surface area contributed by atoms with Gasteiger partial charge in [0.15, 0.2) is 24.7 Å². The second kappa shape index (κ2) is 7.39. The lowest BCUT2D eigenvalue weighted by atomic mass is 10.1. The minimum Gasteiger partial charge on any atom is -0.293 e. The highest BCUT2D eigenvalue weighted by Gasteiger charge is 2.69. The molecule has 0 saturated carbocycles. The number of nitrogens with zero attached hydrogens (tertiary/aromatic N) is 6. The summed E-state index contributed by atoms with van der Waals surface area (Å²) in [5.74, 6) is -4.83. The molecule has 0 aliphatic carbocycles. The van der Waals surface area contributed by atoms with Gasteiger partial charge in [-0.05, 0) is 0 Å². The molecule has 0 N–H and O–H groups in total. The summed E-state index contributed by atoms with van der Waals surface area (Å²) in [5.41, 5.74) is 0. The fourth-order valence-electron chi connectivity index (χ4n) is 4.63. The molecule has 0 aromatic carbocycles. The Morgan fingerprint density at radius 3 is 0.750 bits per heavy atom. The summed E-state index contributed by atoms with van der Waals surface area (Å²) in [7, 11) is 0. The van der Waals surface area contributed by atoms with Crippen LogP contribution in [0.15, 0.2) is 0 Å². The van der Waals surface area contributed by atoms with Gasteiger partial charge in [0.05, 0.1) is 0 Å². The van der Waals surface area contributed by atoms with Gasteiger partial charge < -0.3 is 0 Å². The summed E-state index contributed by atoms with van der Waals surface area (Å²) < 4.78 is 0. The zero-order valence-electron chi connectivity index (χ0n) is 18.3. The number of imide groups is 4. The first kappa shape index (κ1) is 22.8. The molecular formula is C18H22N6O8. The minimum absolute atomic E-state index is 0.624. The van der Waals surface area contributed by atoms with Gasteiger partial charge in [0, 0.05) is 41.5 Å². The van der Waals surface area contributed by atoms with Crippen molar-refractivity contribution in [2.45, 2.75) is 66.2 Å². The van der Waals surface area contributed by atoms with Gasteiger partial charge in [-0.1, -0.05) is 0 Å². The number of carbonyl (C=O) groups is 8. The Bertz CT molecular complexity index is 856. The maximum atomic E-state index is 13.0. The van der Waals surface area contributed by atoms with E-state index in [1.165, 1.54) is 0 Å². The second-order valence-corrected chi connectivity index (χ2v) is 7.63. The van der Waals surface area contributed by atoms with Crippen molar-refractivity contribution < 1.29 is 38.4 Å². The van der Waals surface area contributed by atoms with Gasteiger partial charge in [0.25, 0.3) is 0 Å². The van der Waals surface area contributed by atoms with Gasteiger partial charge >= 0.3 is 12.1 Å². The Hall–Kier alpha value is -3.84. The van der Waals surface area contributed by atoms with Crippen molar-refractivity contribution in [2.24, 2.45) is 0 Å². The Kier molecular flexibility index (Phi) is 5.27. The number of fused-ring (bicyclic) bond motifs is 2. The van der Waals surface area contributed by atoms with E-state index in [1.807, 2.05) is 0 Å². The number of hydrogen-bond acceptors (Lipinski definition) is 8. The molecule has 3 saturated heterocycles. The van der Waals surface area contributed by atoms with Crippen LogP contribution in [0.25, 0.3) is 0 Å². The van der Waals surface area contributed by atoms with Crippen LogP contribution in [0.5, 0.6) is 0 Å². The Balaban J connectivity index is 2.38. The van der Waals surface area contributed by atoms with Gasteiger partial charge in [-0.15, -0.1) is 0 Å². The SMILES string of the molecule is CC(=O)N1C(=O)N(C(C)=O)[C@H]2[C@H]1N(C(C)=O)[C@@H]1[C@H](N(C(C)=O)C(=O)N1C(C)=O)N2C(C)=O. The van der Waals surface area contributed by atoms with Crippen LogP contribution in [0.3, 0.4) is 0 Å². The van der Waals surface area contributed by atoms with Gasteiger partial charge in [-0.3, -0.25) is 38.6 Å². The summed E-state index contributed by atoms with van der Waals surface area (Å²) in [4.78, 5) is 105. The van der Waals surface area contributed by atoms with Gasteiger partial charge in [0.2, 0.25) is 35.4 Å². The molecular weight excluding hydrogens is 428 g/mol. The zero-order valence-corrected chi connectivity index (χ0v) is 18.3. The smallest absolute Gasteiger partial charge is 0.293 e. The van der Waals surface area contributed by atoms with Crippen molar-refractivity contribution >= 4 is 47.5 Å². The molecule has 14 heteroatoms. The molecule has 0 unspecified atom stereocenters. The molecule has 14 nitrogen and oxygen atoms in total. The van der Waals surface area contributed by atoms with Crippen LogP contribution in [0.2, 0.25) is 0 Å². The highest BCUT2D eigenvalue weighted by atomic mass is 16.2. The van der Waals surface area contributed by atoms with E-state index in [2.05, 4.69) is 0 Å². The first-order chi connectivity index (χ1) is 14.7. The third-order valence-electron chi connectivity index (χ3n) is 5.64. The van der Waals surface area contributed by atoms with Crippen LogP contribution >= 0.6 is 0 Å². The quantitative estimate of drug-likeness (QED) is 0.439. The van der Waals surface area contributed by atoms with Gasteiger partial charge in [0.1, 0.15) is 0 Å². The molecule has 3 aliphatic rings. The first-order valence-corrected chi connectivity index (χ1v) is 9.60. The zero-order chi connectivity index (χ0) is 24.4. The number of carbonyl (C=O) groups excluding carboxylic acids is 8. The maximum absolute atomic E-state index is 13.0. The maximum Gasteiger partial charge on any atom is 0.337 e. The van der Waals surface area contributed by atoms with Crippen molar-refractivity contribution in [3.05, 3.63) is 0 Å². The molecule has 3 rings (SSSR count). The van der Waals surface area contributed by atoms with E-state index < -0.39 is 72.2 Å². The van der Waals surface area contributed by atoms with Gasteiger partial charge in [-0.25, -0.2) is 29.2 Å². The molecule has 3 fully saturated rings. The Labute approximate surface area is 182 Å². The van der Waals surface area contributed by atoms with Crippen molar-refractivity contribution in [3.8, 4) is 0 Å². The first-order valence-electron chi connectivity index (χ1n) is 9.60. The molecule has 0 radical (unpaired) electrons. The molecule has 0 aromatic heterocycles. The average Bonchev–Trinajstić information content (AvgIpc) is 3.09. The van der Waals surface area contributed by atoms with E-state index in [0.29, 0.717) is 19.6 Å². The topological polar surface area (TPSA) is 156 Å². The van der Waals surface area contributed by atoms with Crippen LogP contribution in [0, 0.1) is 0 Å². The lowest BCUT2D eigenvalue weighted by molar-refractivity contribution is -0.187. The van der Waals surface area contributed by atoms with Crippen molar-refractivity contribution in [2.75, 3.05) is 0 Å². The fourth-order valence-corrected chi connectivity index (χ4v) is 4.63. The van der Waals surface area contributed by atoms with E-state index in [4.69, 9.17) is 0 Å². The van der Waals surface area contributed by atoms with Gasteiger partial charge in [-0.2, -0.15) is 0 Å². The van der Waals surface area contributed by atoms with E-state index in [-0.39, 0.29) is 0 Å². The van der Waals surface area contributed by atoms with E-state index in [0.717, 1.165) is 51.3 Å². The fraction of sp³-hybridized carbons (Fsp3) is 0.556.